The van der Waals surface area contributed by atoms with E-state index in [0.29, 0.717) is 0 Å². The monoisotopic (exact) mass is 557 g/mol. The van der Waals surface area contributed by atoms with Gasteiger partial charge in [-0.1, -0.05) is 0 Å². The quantitative estimate of drug-likeness (QED) is 0.309. The molecular weight excluding hydrogens is 534 g/mol. The molecule has 0 spiro atoms. The van der Waals surface area contributed by atoms with Gasteiger partial charge in [-0.05, 0) is 0 Å². The number of carbonyl (C=O) groups excluding carboxylic acids is 4. The summed E-state index contributed by atoms with van der Waals surface area (Å²) in [4.78, 5) is 35.4. The minimum atomic E-state index is -3.17. The molecule has 4 rings (SSSR count). The van der Waals surface area contributed by atoms with Crippen molar-refractivity contribution in [2.75, 3.05) is 0 Å². The molecule has 4 aromatic rings. The van der Waals surface area contributed by atoms with Crippen LogP contribution in [0.25, 0.3) is 0 Å². The van der Waals surface area contributed by atoms with Gasteiger partial charge >= 0.3 is 188 Å². The second-order valence-electron chi connectivity index (χ2n) is 7.03. The van der Waals surface area contributed by atoms with Gasteiger partial charge < -0.3 is 0 Å². The fourth-order valence-corrected chi connectivity index (χ4v) is 9.74. The van der Waals surface area contributed by atoms with Gasteiger partial charge in [0.15, 0.2) is 0 Å². The van der Waals surface area contributed by atoms with Gasteiger partial charge in [-0.25, -0.2) is 0 Å². The molecule has 37 heavy (non-hydrogen) atoms. The average molecular weight is 557 g/mol. The minimum Gasteiger partial charge on any atom is -0.281 e. The first-order chi connectivity index (χ1) is 18.2. The molecule has 0 aliphatic carbocycles. The second-order valence-corrected chi connectivity index (χ2v) is 12.1. The van der Waals surface area contributed by atoms with Gasteiger partial charge in [0.05, 0.1) is 0 Å². The molecule has 0 atom stereocenters. The summed E-state index contributed by atoms with van der Waals surface area (Å²) >= 11 is -2.52. The Hall–Kier alpha value is -3.74. The molecule has 8 heteroatoms. The van der Waals surface area contributed by atoms with Crippen LogP contribution in [0.15, 0.2) is 121 Å². The maximum atomic E-state index is 13.3. The van der Waals surface area contributed by atoms with E-state index in [0.717, 1.165) is 21.5 Å². The maximum absolute atomic E-state index is 13.3. The number of hydrogen-bond acceptors (Lipinski definition) is 6. The van der Waals surface area contributed by atoms with E-state index >= 15 is 0 Å². The maximum Gasteiger partial charge on any atom is 0.281 e. The predicted octanol–water partition coefficient (Wildman–Crippen LogP) is 3.10. The van der Waals surface area contributed by atoms with Crippen molar-refractivity contribution in [1.29, 1.82) is 0 Å². The molecule has 0 aliphatic heterocycles. The molecule has 0 bridgehead atoms. The molecule has 0 saturated carbocycles. The van der Waals surface area contributed by atoms with E-state index in [1.807, 2.05) is 121 Å². The Morgan fingerprint density at radius 3 is 1.19 bits per heavy atom. The van der Waals surface area contributed by atoms with E-state index in [9.17, 15) is 8.66 Å². The molecule has 0 N–H and O–H groups in total. The molecule has 0 fully saturated rings. The largest absolute Gasteiger partial charge is 0.281 e. The first-order valence-corrected chi connectivity index (χ1v) is 13.8. The molecule has 0 aliphatic rings. The summed E-state index contributed by atoms with van der Waals surface area (Å²) in [5.74, 6) is 0. The van der Waals surface area contributed by atoms with Crippen molar-refractivity contribution in [3.8, 4) is 0 Å². The SMILES string of the molecule is O=[C](Cc1ccccc1)[Co](=[O])[O][PH](c1ccccc1)(c1ccccc1)c1ccccc1.[C]=O.[C]=O.[C]=O. The van der Waals surface area contributed by atoms with E-state index in [2.05, 4.69) is 20.4 Å². The summed E-state index contributed by atoms with van der Waals surface area (Å²) in [5, 5.41) is 2.84. The topological polar surface area (TPSA) is 94.6 Å². The van der Waals surface area contributed by atoms with Crippen LogP contribution in [0.2, 0.25) is 0 Å². The van der Waals surface area contributed by atoms with Crippen molar-refractivity contribution in [3.63, 3.8) is 0 Å². The van der Waals surface area contributed by atoms with Crippen LogP contribution in [0.3, 0.4) is 0 Å². The Balaban J connectivity index is 0.00000106. The van der Waals surface area contributed by atoms with Crippen LogP contribution in [0, 0.1) is 0 Å². The Morgan fingerprint density at radius 1 is 0.568 bits per heavy atom. The Kier molecular flexibility index (Phi) is 14.9. The summed E-state index contributed by atoms with van der Waals surface area (Å²) < 4.78 is 19.3. The molecule has 4 aromatic carbocycles. The summed E-state index contributed by atoms with van der Waals surface area (Å²) in [6.07, 6.45) is 0.0812. The van der Waals surface area contributed by atoms with Gasteiger partial charge in [0.1, 0.15) is 0 Å². The van der Waals surface area contributed by atoms with Gasteiger partial charge in [0.2, 0.25) is 0 Å². The molecule has 6 nitrogen and oxygen atoms in total. The number of hydrogen-bond donors (Lipinski definition) is 0. The standard InChI is InChI=1S/C18H16OP.C8H7O.3CO.Co.O/c19-20(16-10-4-1-5-11-16,17-12-6-2-7-13-17)18-14-8-3-9-15-18;9-7-6-8-4-2-1-3-5-8;3*1-2;;/h1-15,20H;1-5H,6H2;;;;;/q-1;;;;;+1;. The summed E-state index contributed by atoms with van der Waals surface area (Å²) in [6, 6.07) is 38.9. The van der Waals surface area contributed by atoms with Crippen molar-refractivity contribution in [3.05, 3.63) is 127 Å². The third kappa shape index (κ3) is 8.41. The summed E-state index contributed by atoms with van der Waals surface area (Å²) in [6.45, 7) is 13.5. The van der Waals surface area contributed by atoms with Crippen molar-refractivity contribution >= 4 is 48.5 Å². The van der Waals surface area contributed by atoms with Crippen LogP contribution >= 0.6 is 7.49 Å². The van der Waals surface area contributed by atoms with Crippen molar-refractivity contribution < 1.29 is 40.6 Å². The molecular formula is C29H23CoO6P. The van der Waals surface area contributed by atoms with Crippen molar-refractivity contribution in [1.82, 2.24) is 0 Å². The number of carbonyl (C=O) groups is 1. The van der Waals surface area contributed by atoms with E-state index in [1.165, 1.54) is 0 Å². The molecule has 0 aromatic heterocycles. The normalized spacial score (nSPS) is 10.5. The molecule has 0 amide bonds. The van der Waals surface area contributed by atoms with Gasteiger partial charge in [0.25, 0.3) is 20.4 Å². The smallest absolute Gasteiger partial charge is 0.281 e. The van der Waals surface area contributed by atoms with Crippen molar-refractivity contribution in [2.24, 2.45) is 0 Å². The summed E-state index contributed by atoms with van der Waals surface area (Å²) in [5.41, 5.74) is 0.824. The predicted molar refractivity (Wildman–Crippen MR) is 141 cm³/mol. The van der Waals surface area contributed by atoms with Crippen LogP contribution in [0.1, 0.15) is 5.56 Å². The van der Waals surface area contributed by atoms with Crippen LogP contribution in [0.5, 0.6) is 0 Å². The first kappa shape index (κ1) is 31.3. The molecule has 0 heterocycles. The zero-order valence-corrected chi connectivity index (χ0v) is 21.6. The van der Waals surface area contributed by atoms with E-state index in [4.69, 9.17) is 18.0 Å². The van der Waals surface area contributed by atoms with E-state index in [-0.39, 0.29) is 6.42 Å². The fraction of sp³-hybridized carbons (Fsp3) is 0.0345. The van der Waals surface area contributed by atoms with Gasteiger partial charge in [-0.2, -0.15) is 0 Å². The van der Waals surface area contributed by atoms with Crippen molar-refractivity contribution in [2.45, 2.75) is 6.42 Å². The second kappa shape index (κ2) is 17.6. The van der Waals surface area contributed by atoms with E-state index < -0.39 is 26.1 Å². The third-order valence-electron chi connectivity index (χ3n) is 5.03. The zero-order chi connectivity index (χ0) is 27.5. The molecule has 189 valence electrons. The first-order valence-electron chi connectivity index (χ1n) is 10.6. The van der Waals surface area contributed by atoms with E-state index in [1.54, 1.807) is 0 Å². The minimum absolute atomic E-state index is 0.0812. The average Bonchev–Trinajstić information content (AvgIpc) is 3.00. The third-order valence-corrected chi connectivity index (χ3v) is 11.0. The van der Waals surface area contributed by atoms with Gasteiger partial charge in [0, 0.05) is 0 Å². The van der Waals surface area contributed by atoms with Gasteiger partial charge in [-0.15, -0.1) is 0 Å². The van der Waals surface area contributed by atoms with Crippen LogP contribution < -0.4 is 15.9 Å². The fourth-order valence-electron chi connectivity index (χ4n) is 3.56. The van der Waals surface area contributed by atoms with Crippen LogP contribution in [0.4, 0.5) is 0 Å². The molecule has 6 radical (unpaired) electrons. The molecule has 0 unspecified atom stereocenters. The van der Waals surface area contributed by atoms with Crippen LogP contribution in [-0.2, 0) is 47.0 Å². The zero-order valence-electron chi connectivity index (χ0n) is 19.5. The Bertz CT molecular complexity index is 1110. The summed E-state index contributed by atoms with van der Waals surface area (Å²) in [7, 11) is -3.17. The number of rotatable bonds is 8. The van der Waals surface area contributed by atoms with Crippen LogP contribution in [-0.4, -0.2) is 25.1 Å². The van der Waals surface area contributed by atoms with Gasteiger partial charge in [-0.3, -0.25) is 14.4 Å². The molecule has 0 saturated heterocycles. The Labute approximate surface area is 222 Å². The number of benzene rings is 4. The Morgan fingerprint density at radius 2 is 0.865 bits per heavy atom.